The molecule has 2 aromatic rings. The van der Waals surface area contributed by atoms with Crippen molar-refractivity contribution in [1.29, 1.82) is 0 Å². The molecule has 3 N–H and O–H groups in total. The van der Waals surface area contributed by atoms with Gasteiger partial charge in [0.25, 0.3) is 5.91 Å². The van der Waals surface area contributed by atoms with Crippen molar-refractivity contribution in [2.24, 2.45) is 5.92 Å². The molecule has 0 aromatic heterocycles. The molecule has 0 bridgehead atoms. The van der Waals surface area contributed by atoms with E-state index in [0.29, 0.717) is 36.6 Å². The van der Waals surface area contributed by atoms with Gasteiger partial charge in [0.05, 0.1) is 31.0 Å². The van der Waals surface area contributed by atoms with Gasteiger partial charge >= 0.3 is 6.03 Å². The number of urea groups is 1. The monoisotopic (exact) mass is 512 g/mol. The summed E-state index contributed by atoms with van der Waals surface area (Å²) >= 11 is 0. The number of para-hydroxylation sites is 1. The Bertz CT molecular complexity index is 1060. The molecule has 202 valence electrons. The van der Waals surface area contributed by atoms with E-state index in [1.807, 2.05) is 59.0 Å². The van der Waals surface area contributed by atoms with Crippen LogP contribution in [0.2, 0.25) is 0 Å². The maximum Gasteiger partial charge on any atom is 0.319 e. The van der Waals surface area contributed by atoms with Crippen LogP contribution in [0.15, 0.2) is 42.5 Å². The van der Waals surface area contributed by atoms with Gasteiger partial charge in [0.2, 0.25) is 0 Å². The minimum atomic E-state index is -0.372. The fraction of sp³-hybridized carbons (Fsp3) is 0.500. The van der Waals surface area contributed by atoms with Crippen molar-refractivity contribution in [2.75, 3.05) is 39.2 Å². The average molecular weight is 513 g/mol. The second-order valence-corrected chi connectivity index (χ2v) is 10.1. The Morgan fingerprint density at radius 3 is 2.54 bits per heavy atom. The number of ether oxygens (including phenoxy) is 2. The van der Waals surface area contributed by atoms with E-state index in [1.54, 1.807) is 30.2 Å². The smallest absolute Gasteiger partial charge is 0.319 e. The lowest BCUT2D eigenvalue weighted by molar-refractivity contribution is 0.0343. The third-order valence-electron chi connectivity index (χ3n) is 6.46. The van der Waals surface area contributed by atoms with Crippen molar-refractivity contribution in [2.45, 2.75) is 52.4 Å². The molecule has 0 saturated heterocycles. The number of hydrogen-bond acceptors (Lipinski definition) is 6. The summed E-state index contributed by atoms with van der Waals surface area (Å²) in [5.74, 6) is 0.878. The third kappa shape index (κ3) is 7.36. The summed E-state index contributed by atoms with van der Waals surface area (Å²) in [6.07, 6.45) is -0.278. The number of benzene rings is 2. The number of anilines is 1. The number of nitrogens with one attached hydrogen (secondary N) is 2. The van der Waals surface area contributed by atoms with E-state index in [4.69, 9.17) is 9.47 Å². The number of carbonyl (C=O) groups excluding carboxylic acids is 2. The number of carbonyl (C=O) groups is 2. The van der Waals surface area contributed by atoms with Crippen LogP contribution in [0.5, 0.6) is 11.5 Å². The fourth-order valence-electron chi connectivity index (χ4n) is 4.39. The topological polar surface area (TPSA) is 103 Å². The maximum absolute atomic E-state index is 13.6. The molecule has 0 aliphatic carbocycles. The van der Waals surface area contributed by atoms with E-state index in [1.165, 1.54) is 0 Å². The van der Waals surface area contributed by atoms with Crippen LogP contribution in [0, 0.1) is 5.92 Å². The van der Waals surface area contributed by atoms with Gasteiger partial charge in [-0.3, -0.25) is 9.69 Å². The van der Waals surface area contributed by atoms with E-state index in [9.17, 15) is 14.7 Å². The van der Waals surface area contributed by atoms with Crippen LogP contribution >= 0.6 is 0 Å². The van der Waals surface area contributed by atoms with Crippen LogP contribution in [0.3, 0.4) is 0 Å². The minimum absolute atomic E-state index is 0.0398. The molecule has 3 amide bonds. The van der Waals surface area contributed by atoms with E-state index in [-0.39, 0.29) is 42.7 Å². The van der Waals surface area contributed by atoms with E-state index in [0.717, 1.165) is 11.3 Å². The number of aliphatic hydroxyl groups is 1. The lowest BCUT2D eigenvalue weighted by Gasteiger charge is -2.38. The van der Waals surface area contributed by atoms with Crippen molar-refractivity contribution in [3.63, 3.8) is 0 Å². The molecule has 0 radical (unpaired) electrons. The highest BCUT2D eigenvalue weighted by Crippen LogP contribution is 2.35. The first-order chi connectivity index (χ1) is 17.6. The Morgan fingerprint density at radius 1 is 1.22 bits per heavy atom. The van der Waals surface area contributed by atoms with Crippen LogP contribution in [0.25, 0.3) is 0 Å². The van der Waals surface area contributed by atoms with Gasteiger partial charge in [-0.2, -0.15) is 0 Å². The van der Waals surface area contributed by atoms with Gasteiger partial charge < -0.3 is 30.1 Å². The summed E-state index contributed by atoms with van der Waals surface area (Å²) in [4.78, 5) is 29.9. The van der Waals surface area contributed by atoms with Crippen molar-refractivity contribution in [3.05, 3.63) is 53.6 Å². The van der Waals surface area contributed by atoms with Gasteiger partial charge in [-0.05, 0) is 57.6 Å². The van der Waals surface area contributed by atoms with Crippen molar-refractivity contribution in [3.8, 4) is 11.5 Å². The van der Waals surface area contributed by atoms with Crippen LogP contribution < -0.4 is 20.1 Å². The van der Waals surface area contributed by atoms with Crippen LogP contribution in [0.1, 0.15) is 43.6 Å². The summed E-state index contributed by atoms with van der Waals surface area (Å²) in [6, 6.07) is 12.3. The third-order valence-corrected chi connectivity index (χ3v) is 6.46. The zero-order valence-corrected chi connectivity index (χ0v) is 22.7. The van der Waals surface area contributed by atoms with Crippen LogP contribution in [0.4, 0.5) is 10.5 Å². The summed E-state index contributed by atoms with van der Waals surface area (Å²) in [6.45, 7) is 9.21. The molecular weight excluding hydrogens is 472 g/mol. The van der Waals surface area contributed by atoms with Crippen LogP contribution in [-0.2, 0) is 6.54 Å². The summed E-state index contributed by atoms with van der Waals surface area (Å²) in [7, 11) is 3.67. The first-order valence-electron chi connectivity index (χ1n) is 12.7. The molecule has 3 atom stereocenters. The highest BCUT2D eigenvalue weighted by molar-refractivity contribution is 6.01. The Morgan fingerprint density at radius 2 is 1.92 bits per heavy atom. The minimum Gasteiger partial charge on any atom is -0.497 e. The SMILES string of the molecule is COc1ccc(CN(C)C[C@H]2Oc3c(NC(=O)NC(C)C)cccc3C(=O)N([C@H](C)CO)C[C@H]2C)cc1. The molecule has 0 spiro atoms. The van der Waals surface area contributed by atoms with Gasteiger partial charge in [-0.15, -0.1) is 0 Å². The number of likely N-dealkylation sites (N-methyl/N-ethyl adjacent to an activating group) is 1. The lowest BCUT2D eigenvalue weighted by Crippen LogP contribution is -2.49. The van der Waals surface area contributed by atoms with Crippen LogP contribution in [-0.4, -0.2) is 78.9 Å². The molecular formula is C28H40N4O5. The molecule has 0 fully saturated rings. The van der Waals surface area contributed by atoms with Crippen molar-refractivity contribution >= 4 is 17.6 Å². The van der Waals surface area contributed by atoms with Gasteiger partial charge in [-0.1, -0.05) is 25.1 Å². The number of nitrogens with zero attached hydrogens (tertiary/aromatic N) is 2. The Kier molecular flexibility index (Phi) is 9.77. The molecule has 9 heteroatoms. The largest absolute Gasteiger partial charge is 0.497 e. The normalized spacial score (nSPS) is 18.5. The molecule has 0 unspecified atom stereocenters. The number of methoxy groups -OCH3 is 1. The molecule has 37 heavy (non-hydrogen) atoms. The molecule has 3 rings (SSSR count). The Labute approximate surface area is 219 Å². The molecule has 9 nitrogen and oxygen atoms in total. The summed E-state index contributed by atoms with van der Waals surface area (Å²) in [5.41, 5.74) is 1.93. The number of hydrogen-bond donors (Lipinski definition) is 3. The zero-order chi connectivity index (χ0) is 27.1. The number of amides is 3. The second-order valence-electron chi connectivity index (χ2n) is 10.1. The quantitative estimate of drug-likeness (QED) is 0.475. The molecule has 2 aromatic carbocycles. The average Bonchev–Trinajstić information content (AvgIpc) is 2.86. The Balaban J connectivity index is 1.91. The first-order valence-corrected chi connectivity index (χ1v) is 12.7. The number of fused-ring (bicyclic) bond motifs is 1. The second kappa shape index (κ2) is 12.8. The highest BCUT2D eigenvalue weighted by Gasteiger charge is 2.34. The maximum atomic E-state index is 13.6. The Hall–Kier alpha value is -3.30. The molecule has 0 saturated carbocycles. The summed E-state index contributed by atoms with van der Waals surface area (Å²) < 4.78 is 11.8. The van der Waals surface area contributed by atoms with E-state index < -0.39 is 0 Å². The van der Waals surface area contributed by atoms with Gasteiger partial charge in [0, 0.05) is 31.6 Å². The fourth-order valence-corrected chi connectivity index (χ4v) is 4.39. The van der Waals surface area contributed by atoms with Crippen molar-refractivity contribution in [1.82, 2.24) is 15.1 Å². The molecule has 1 heterocycles. The van der Waals surface area contributed by atoms with E-state index >= 15 is 0 Å². The number of rotatable bonds is 9. The standard InChI is InChI=1S/C28H40N4O5/c1-18(2)29-28(35)30-24-9-7-8-23-26(24)37-25(19(3)14-32(27(23)34)20(4)17-33)16-31(5)15-21-10-12-22(36-6)13-11-21/h7-13,18-20,25,33H,14-17H2,1-6H3,(H2,29,30,35)/t19-,20-,25-/m1/s1. The lowest BCUT2D eigenvalue weighted by atomic mass is 9.99. The molecule has 1 aliphatic rings. The van der Waals surface area contributed by atoms with Gasteiger partial charge in [0.15, 0.2) is 5.75 Å². The predicted octanol–water partition coefficient (Wildman–Crippen LogP) is 3.58. The number of aliphatic hydroxyl groups excluding tert-OH is 1. The summed E-state index contributed by atoms with van der Waals surface area (Å²) in [5, 5.41) is 15.5. The first kappa shape index (κ1) is 28.3. The predicted molar refractivity (Wildman–Crippen MR) is 144 cm³/mol. The van der Waals surface area contributed by atoms with Gasteiger partial charge in [-0.25, -0.2) is 4.79 Å². The molecule has 1 aliphatic heterocycles. The van der Waals surface area contributed by atoms with Crippen molar-refractivity contribution < 1.29 is 24.2 Å². The zero-order valence-electron chi connectivity index (χ0n) is 22.7. The highest BCUT2D eigenvalue weighted by atomic mass is 16.5. The van der Waals surface area contributed by atoms with E-state index in [2.05, 4.69) is 15.5 Å². The van der Waals surface area contributed by atoms with Gasteiger partial charge in [0.1, 0.15) is 11.9 Å².